The smallest absolute Gasteiger partial charge is 0.0540 e. The van der Waals surface area contributed by atoms with Gasteiger partial charge in [0.1, 0.15) is 0 Å². The van der Waals surface area contributed by atoms with Crippen LogP contribution >= 0.6 is 0 Å². The molecular weight excluding hydrogens is 148 g/mol. The SMILES string of the molecule is [CH2]CC(O)CCCCCC(C)C. The average Bonchev–Trinajstić information content (AvgIpc) is 2.03. The first-order chi connectivity index (χ1) is 5.66. The molecule has 0 fully saturated rings. The van der Waals surface area contributed by atoms with Gasteiger partial charge in [-0.15, -0.1) is 0 Å². The van der Waals surface area contributed by atoms with E-state index in [9.17, 15) is 5.11 Å². The molecule has 0 saturated carbocycles. The minimum Gasteiger partial charge on any atom is -0.393 e. The maximum atomic E-state index is 9.20. The molecule has 0 heterocycles. The maximum Gasteiger partial charge on any atom is 0.0540 e. The number of hydrogen-bond donors (Lipinski definition) is 1. The summed E-state index contributed by atoms with van der Waals surface area (Å²) in [5.74, 6) is 0.822. The van der Waals surface area contributed by atoms with Crippen LogP contribution in [-0.4, -0.2) is 11.2 Å². The Kier molecular flexibility index (Phi) is 7.58. The van der Waals surface area contributed by atoms with E-state index in [1.807, 2.05) is 0 Å². The second kappa shape index (κ2) is 7.60. The summed E-state index contributed by atoms with van der Waals surface area (Å²) in [6.45, 7) is 8.17. The van der Waals surface area contributed by atoms with Gasteiger partial charge < -0.3 is 5.11 Å². The van der Waals surface area contributed by atoms with Crippen molar-refractivity contribution in [2.75, 3.05) is 0 Å². The van der Waals surface area contributed by atoms with Gasteiger partial charge in [-0.2, -0.15) is 0 Å². The molecule has 1 radical (unpaired) electrons. The number of unbranched alkanes of at least 4 members (excludes halogenated alkanes) is 2. The molecule has 0 aromatic carbocycles. The Balaban J connectivity index is 3.00. The van der Waals surface area contributed by atoms with Crippen LogP contribution in [0.2, 0.25) is 0 Å². The van der Waals surface area contributed by atoms with Crippen LogP contribution < -0.4 is 0 Å². The highest BCUT2D eigenvalue weighted by molar-refractivity contribution is 4.57. The molecular formula is C11H23O. The highest BCUT2D eigenvalue weighted by Gasteiger charge is 2.00. The van der Waals surface area contributed by atoms with Crippen molar-refractivity contribution in [2.45, 2.75) is 58.5 Å². The number of rotatable bonds is 7. The van der Waals surface area contributed by atoms with Gasteiger partial charge in [0.25, 0.3) is 0 Å². The van der Waals surface area contributed by atoms with Crippen LogP contribution in [0.15, 0.2) is 0 Å². The molecule has 0 spiro atoms. The van der Waals surface area contributed by atoms with Crippen molar-refractivity contribution in [2.24, 2.45) is 5.92 Å². The molecule has 0 aliphatic heterocycles. The summed E-state index contributed by atoms with van der Waals surface area (Å²) < 4.78 is 0. The molecule has 0 aliphatic carbocycles. The van der Waals surface area contributed by atoms with Gasteiger partial charge in [-0.1, -0.05) is 46.5 Å². The molecule has 0 saturated heterocycles. The molecule has 1 N–H and O–H groups in total. The fourth-order valence-electron chi connectivity index (χ4n) is 1.25. The molecule has 1 nitrogen and oxygen atoms in total. The molecule has 12 heavy (non-hydrogen) atoms. The maximum absolute atomic E-state index is 9.20. The van der Waals surface area contributed by atoms with Gasteiger partial charge in [0.15, 0.2) is 0 Å². The highest BCUT2D eigenvalue weighted by atomic mass is 16.3. The van der Waals surface area contributed by atoms with E-state index in [2.05, 4.69) is 20.8 Å². The molecule has 0 aromatic heterocycles. The monoisotopic (exact) mass is 171 g/mol. The second-order valence-corrected chi connectivity index (χ2v) is 3.97. The first-order valence-corrected chi connectivity index (χ1v) is 5.14. The molecule has 0 amide bonds. The summed E-state index contributed by atoms with van der Waals surface area (Å²) in [5.41, 5.74) is 0. The van der Waals surface area contributed by atoms with Crippen molar-refractivity contribution < 1.29 is 5.11 Å². The van der Waals surface area contributed by atoms with Crippen LogP contribution in [-0.2, 0) is 0 Å². The van der Waals surface area contributed by atoms with Gasteiger partial charge in [0, 0.05) is 0 Å². The van der Waals surface area contributed by atoms with E-state index in [0.29, 0.717) is 6.42 Å². The van der Waals surface area contributed by atoms with Crippen molar-refractivity contribution in [1.82, 2.24) is 0 Å². The fourth-order valence-corrected chi connectivity index (χ4v) is 1.25. The molecule has 73 valence electrons. The fraction of sp³-hybridized carbons (Fsp3) is 0.909. The Morgan fingerprint density at radius 3 is 2.17 bits per heavy atom. The van der Waals surface area contributed by atoms with Crippen LogP contribution in [0.4, 0.5) is 0 Å². The highest BCUT2D eigenvalue weighted by Crippen LogP contribution is 2.11. The minimum absolute atomic E-state index is 0.163. The summed E-state index contributed by atoms with van der Waals surface area (Å²) in [4.78, 5) is 0. The molecule has 1 unspecified atom stereocenters. The van der Waals surface area contributed by atoms with E-state index in [4.69, 9.17) is 0 Å². The zero-order valence-corrected chi connectivity index (χ0v) is 8.55. The van der Waals surface area contributed by atoms with E-state index >= 15 is 0 Å². The van der Waals surface area contributed by atoms with Crippen LogP contribution in [0.25, 0.3) is 0 Å². The van der Waals surface area contributed by atoms with Crippen molar-refractivity contribution in [3.05, 3.63) is 6.92 Å². The minimum atomic E-state index is -0.163. The lowest BCUT2D eigenvalue weighted by Gasteiger charge is -2.07. The third-order valence-electron chi connectivity index (χ3n) is 2.15. The predicted octanol–water partition coefficient (Wildman–Crippen LogP) is 3.18. The van der Waals surface area contributed by atoms with Gasteiger partial charge in [-0.3, -0.25) is 0 Å². The van der Waals surface area contributed by atoms with Gasteiger partial charge in [-0.05, 0) is 18.8 Å². The summed E-state index contributed by atoms with van der Waals surface area (Å²) in [7, 11) is 0. The molecule has 0 rings (SSSR count). The van der Waals surface area contributed by atoms with Crippen molar-refractivity contribution in [3.63, 3.8) is 0 Å². The zero-order chi connectivity index (χ0) is 9.40. The summed E-state index contributed by atoms with van der Waals surface area (Å²) in [6.07, 6.45) is 6.47. The van der Waals surface area contributed by atoms with E-state index in [1.54, 1.807) is 0 Å². The van der Waals surface area contributed by atoms with Crippen LogP contribution in [0.5, 0.6) is 0 Å². The lowest BCUT2D eigenvalue weighted by atomic mass is 10.0. The average molecular weight is 171 g/mol. The summed E-state index contributed by atoms with van der Waals surface area (Å²) in [6, 6.07) is 0. The van der Waals surface area contributed by atoms with Gasteiger partial charge in [0.05, 0.1) is 6.10 Å². The Hall–Kier alpha value is -0.0400. The van der Waals surface area contributed by atoms with E-state index < -0.39 is 0 Å². The zero-order valence-electron chi connectivity index (χ0n) is 8.55. The number of aliphatic hydroxyl groups excluding tert-OH is 1. The summed E-state index contributed by atoms with van der Waals surface area (Å²) in [5, 5.41) is 9.20. The Morgan fingerprint density at radius 1 is 1.08 bits per heavy atom. The standard InChI is InChI=1S/C11H23O/c1-4-11(12)9-7-5-6-8-10(2)3/h10-12H,1,4-9H2,2-3H3. The molecule has 1 heteroatoms. The van der Waals surface area contributed by atoms with Crippen molar-refractivity contribution >= 4 is 0 Å². The third kappa shape index (κ3) is 8.06. The Bertz CT molecular complexity index is 89.0. The Morgan fingerprint density at radius 2 is 1.67 bits per heavy atom. The van der Waals surface area contributed by atoms with Gasteiger partial charge in [-0.25, -0.2) is 0 Å². The number of hydrogen-bond acceptors (Lipinski definition) is 1. The van der Waals surface area contributed by atoms with Crippen LogP contribution in [0, 0.1) is 12.8 Å². The third-order valence-corrected chi connectivity index (χ3v) is 2.15. The molecule has 1 atom stereocenters. The topological polar surface area (TPSA) is 20.2 Å². The predicted molar refractivity (Wildman–Crippen MR) is 53.9 cm³/mol. The molecule has 0 bridgehead atoms. The van der Waals surface area contributed by atoms with Crippen LogP contribution in [0.3, 0.4) is 0 Å². The lowest BCUT2D eigenvalue weighted by Crippen LogP contribution is -2.03. The van der Waals surface area contributed by atoms with Gasteiger partial charge >= 0.3 is 0 Å². The molecule has 0 aromatic rings. The molecule has 0 aliphatic rings. The normalized spacial score (nSPS) is 13.8. The summed E-state index contributed by atoms with van der Waals surface area (Å²) >= 11 is 0. The van der Waals surface area contributed by atoms with Crippen molar-refractivity contribution in [3.8, 4) is 0 Å². The lowest BCUT2D eigenvalue weighted by molar-refractivity contribution is 0.163. The van der Waals surface area contributed by atoms with E-state index in [1.165, 1.54) is 19.3 Å². The quantitative estimate of drug-likeness (QED) is 0.583. The van der Waals surface area contributed by atoms with E-state index in [0.717, 1.165) is 18.8 Å². The largest absolute Gasteiger partial charge is 0.393 e. The first-order valence-electron chi connectivity index (χ1n) is 5.14. The number of aliphatic hydroxyl groups is 1. The Labute approximate surface area is 77.2 Å². The van der Waals surface area contributed by atoms with Crippen molar-refractivity contribution in [1.29, 1.82) is 0 Å². The second-order valence-electron chi connectivity index (χ2n) is 3.97. The van der Waals surface area contributed by atoms with Crippen LogP contribution in [0.1, 0.15) is 52.4 Å². The first kappa shape index (κ1) is 12.0. The van der Waals surface area contributed by atoms with Gasteiger partial charge in [0.2, 0.25) is 0 Å². The van der Waals surface area contributed by atoms with E-state index in [-0.39, 0.29) is 6.10 Å².